The van der Waals surface area contributed by atoms with Gasteiger partial charge in [-0.2, -0.15) is 0 Å². The number of furan rings is 2. The minimum absolute atomic E-state index is 0.146. The van der Waals surface area contributed by atoms with Crippen LogP contribution < -0.4 is 0 Å². The second-order valence-electron chi connectivity index (χ2n) is 4.39. The molecule has 0 aliphatic rings. The number of carbonyl (C=O) groups is 2. The lowest BCUT2D eigenvalue weighted by Gasteiger charge is -2.04. The summed E-state index contributed by atoms with van der Waals surface area (Å²) in [6.45, 7) is 0. The molecule has 0 amide bonds. The molecule has 3 aromatic rings. The maximum Gasteiger partial charge on any atom is 0.307 e. The van der Waals surface area contributed by atoms with Crippen molar-refractivity contribution in [3.8, 4) is 0 Å². The molecule has 0 unspecified atom stereocenters. The molecule has 20 heavy (non-hydrogen) atoms. The second kappa shape index (κ2) is 4.70. The van der Waals surface area contributed by atoms with Gasteiger partial charge in [-0.1, -0.05) is 0 Å². The van der Waals surface area contributed by atoms with Crippen molar-refractivity contribution in [2.24, 2.45) is 0 Å². The first-order valence-corrected chi connectivity index (χ1v) is 5.94. The van der Waals surface area contributed by atoms with E-state index in [4.69, 9.17) is 13.9 Å². The summed E-state index contributed by atoms with van der Waals surface area (Å²) in [6.07, 6.45) is 4.09. The minimum atomic E-state index is -0.949. The maximum absolute atomic E-state index is 12.4. The lowest BCUT2D eigenvalue weighted by molar-refractivity contribution is -0.136. The molecule has 3 rings (SSSR count). The van der Waals surface area contributed by atoms with Crippen molar-refractivity contribution >= 4 is 22.7 Å². The zero-order valence-corrected chi connectivity index (χ0v) is 10.3. The average molecular weight is 270 g/mol. The summed E-state index contributed by atoms with van der Waals surface area (Å²) in [7, 11) is 0. The van der Waals surface area contributed by atoms with E-state index in [1.54, 1.807) is 24.3 Å². The Hall–Kier alpha value is -2.82. The fourth-order valence-electron chi connectivity index (χ4n) is 2.14. The lowest BCUT2D eigenvalue weighted by Crippen LogP contribution is -2.04. The standard InChI is InChI=1S/C15H10O5/c16-13(17)7-9-5-10-2-4-20-15(10)12(6-9)14(18)11-1-3-19-8-11/h1-6,8H,7H2,(H,16,17). The van der Waals surface area contributed by atoms with Gasteiger partial charge in [0.1, 0.15) is 11.8 Å². The molecule has 0 saturated heterocycles. The van der Waals surface area contributed by atoms with E-state index >= 15 is 0 Å². The van der Waals surface area contributed by atoms with Crippen LogP contribution in [0.25, 0.3) is 11.0 Å². The SMILES string of the molecule is O=C(O)Cc1cc(C(=O)c2ccoc2)c2occc2c1. The topological polar surface area (TPSA) is 80.6 Å². The Morgan fingerprint density at radius 2 is 2.00 bits per heavy atom. The molecule has 0 aliphatic carbocycles. The van der Waals surface area contributed by atoms with E-state index in [1.807, 2.05) is 0 Å². The molecule has 2 aromatic heterocycles. The normalized spacial score (nSPS) is 10.8. The number of hydrogen-bond donors (Lipinski definition) is 1. The van der Waals surface area contributed by atoms with Gasteiger partial charge in [-0.25, -0.2) is 0 Å². The summed E-state index contributed by atoms with van der Waals surface area (Å²) >= 11 is 0. The molecule has 0 radical (unpaired) electrons. The maximum atomic E-state index is 12.4. The van der Waals surface area contributed by atoms with E-state index in [-0.39, 0.29) is 12.2 Å². The molecule has 1 N–H and O–H groups in total. The summed E-state index contributed by atoms with van der Waals surface area (Å²) in [5.74, 6) is -1.21. The third-order valence-corrected chi connectivity index (χ3v) is 2.99. The largest absolute Gasteiger partial charge is 0.481 e. The van der Waals surface area contributed by atoms with Crippen molar-refractivity contribution in [1.29, 1.82) is 0 Å². The molecule has 5 heteroatoms. The van der Waals surface area contributed by atoms with Gasteiger partial charge >= 0.3 is 5.97 Å². The van der Waals surface area contributed by atoms with Crippen LogP contribution in [0.3, 0.4) is 0 Å². The zero-order chi connectivity index (χ0) is 14.1. The number of rotatable bonds is 4. The molecule has 0 fully saturated rings. The van der Waals surface area contributed by atoms with Gasteiger partial charge in [0, 0.05) is 5.39 Å². The van der Waals surface area contributed by atoms with Gasteiger partial charge in [0.05, 0.1) is 30.1 Å². The summed E-state index contributed by atoms with van der Waals surface area (Å²) in [5, 5.41) is 9.58. The Morgan fingerprint density at radius 1 is 1.15 bits per heavy atom. The van der Waals surface area contributed by atoms with Gasteiger partial charge < -0.3 is 13.9 Å². The monoisotopic (exact) mass is 270 g/mol. The van der Waals surface area contributed by atoms with Crippen LogP contribution >= 0.6 is 0 Å². The van der Waals surface area contributed by atoms with Crippen LogP contribution in [0.1, 0.15) is 21.5 Å². The Bertz CT molecular complexity index is 780. The third-order valence-electron chi connectivity index (χ3n) is 2.99. The highest BCUT2D eigenvalue weighted by atomic mass is 16.4. The predicted octanol–water partition coefficient (Wildman–Crippen LogP) is 2.88. The Labute approximate surface area is 113 Å². The second-order valence-corrected chi connectivity index (χ2v) is 4.39. The van der Waals surface area contributed by atoms with Crippen molar-refractivity contribution in [3.63, 3.8) is 0 Å². The third kappa shape index (κ3) is 2.09. The predicted molar refractivity (Wildman–Crippen MR) is 69.7 cm³/mol. The molecule has 0 saturated carbocycles. The number of carbonyl (C=O) groups excluding carboxylic acids is 1. The molecule has 0 aliphatic heterocycles. The van der Waals surface area contributed by atoms with E-state index in [9.17, 15) is 9.59 Å². The zero-order valence-electron chi connectivity index (χ0n) is 10.3. The van der Waals surface area contributed by atoms with Crippen LogP contribution in [0.15, 0.2) is 51.9 Å². The number of benzene rings is 1. The van der Waals surface area contributed by atoms with Gasteiger partial charge in [-0.3, -0.25) is 9.59 Å². The number of carboxylic acids is 1. The number of aliphatic carboxylic acids is 1. The fourth-order valence-corrected chi connectivity index (χ4v) is 2.14. The van der Waals surface area contributed by atoms with Gasteiger partial charge in [-0.05, 0) is 29.8 Å². The fraction of sp³-hybridized carbons (Fsp3) is 0.0667. The summed E-state index contributed by atoms with van der Waals surface area (Å²) in [6, 6.07) is 6.52. The lowest BCUT2D eigenvalue weighted by atomic mass is 9.99. The first-order chi connectivity index (χ1) is 9.65. The van der Waals surface area contributed by atoms with Gasteiger partial charge in [-0.15, -0.1) is 0 Å². The number of fused-ring (bicyclic) bond motifs is 1. The average Bonchev–Trinajstić information content (AvgIpc) is 3.07. The van der Waals surface area contributed by atoms with E-state index in [0.717, 1.165) is 0 Å². The first-order valence-electron chi connectivity index (χ1n) is 5.94. The van der Waals surface area contributed by atoms with Crippen LogP contribution in [0.5, 0.6) is 0 Å². The van der Waals surface area contributed by atoms with Gasteiger partial charge in [0.15, 0.2) is 5.78 Å². The molecular formula is C15H10O5. The smallest absolute Gasteiger partial charge is 0.307 e. The van der Waals surface area contributed by atoms with Crippen molar-refractivity contribution in [1.82, 2.24) is 0 Å². The van der Waals surface area contributed by atoms with Crippen molar-refractivity contribution in [2.75, 3.05) is 0 Å². The molecule has 0 atom stereocenters. The summed E-state index contributed by atoms with van der Waals surface area (Å²) in [5.41, 5.74) is 1.74. The summed E-state index contributed by atoms with van der Waals surface area (Å²) in [4.78, 5) is 23.2. The van der Waals surface area contributed by atoms with Crippen LogP contribution in [0.4, 0.5) is 0 Å². The van der Waals surface area contributed by atoms with Crippen molar-refractivity contribution in [3.05, 3.63) is 59.7 Å². The van der Waals surface area contributed by atoms with E-state index in [0.29, 0.717) is 27.7 Å². The van der Waals surface area contributed by atoms with Crippen LogP contribution in [0, 0.1) is 0 Å². The molecule has 1 aromatic carbocycles. The Kier molecular flexibility index (Phi) is 2.87. The molecule has 0 spiro atoms. The summed E-state index contributed by atoms with van der Waals surface area (Å²) < 4.78 is 10.2. The first kappa shape index (κ1) is 12.2. The van der Waals surface area contributed by atoms with E-state index in [2.05, 4.69) is 0 Å². The highest BCUT2D eigenvalue weighted by Gasteiger charge is 2.18. The molecule has 5 nitrogen and oxygen atoms in total. The van der Waals surface area contributed by atoms with Gasteiger partial charge in [0.25, 0.3) is 0 Å². The Morgan fingerprint density at radius 3 is 2.70 bits per heavy atom. The number of carboxylic acid groups (broad SMARTS) is 1. The molecular weight excluding hydrogens is 260 g/mol. The van der Waals surface area contributed by atoms with Gasteiger partial charge in [0.2, 0.25) is 0 Å². The molecule has 0 bridgehead atoms. The van der Waals surface area contributed by atoms with Crippen LogP contribution in [-0.2, 0) is 11.2 Å². The minimum Gasteiger partial charge on any atom is -0.481 e. The molecule has 2 heterocycles. The highest BCUT2D eigenvalue weighted by molar-refractivity contribution is 6.15. The molecule has 100 valence electrons. The quantitative estimate of drug-likeness (QED) is 0.737. The van der Waals surface area contributed by atoms with Crippen molar-refractivity contribution < 1.29 is 23.5 Å². The van der Waals surface area contributed by atoms with Crippen molar-refractivity contribution in [2.45, 2.75) is 6.42 Å². The van der Waals surface area contributed by atoms with E-state index < -0.39 is 5.97 Å². The number of ketones is 1. The van der Waals surface area contributed by atoms with E-state index in [1.165, 1.54) is 18.8 Å². The van der Waals surface area contributed by atoms with Crippen LogP contribution in [0.2, 0.25) is 0 Å². The Balaban J connectivity index is 2.15. The number of hydrogen-bond acceptors (Lipinski definition) is 4. The highest BCUT2D eigenvalue weighted by Crippen LogP contribution is 2.25. The van der Waals surface area contributed by atoms with Crippen LogP contribution in [-0.4, -0.2) is 16.9 Å².